The average molecular weight is 305 g/mol. The standard InChI is InChI=1S/C21H23NO/c1-2-8-17(7-1)16-23-22-15-20-11-4-3-9-18(20)13-14-19-10-5-6-12-21(19)22/h3-6,9-14,17H,1-2,7-8,15-16H2. The Morgan fingerprint density at radius 2 is 1.57 bits per heavy atom. The normalized spacial score (nSPS) is 17.5. The van der Waals surface area contributed by atoms with Gasteiger partial charge in [0.05, 0.1) is 18.8 Å². The van der Waals surface area contributed by atoms with Gasteiger partial charge in [0.2, 0.25) is 0 Å². The van der Waals surface area contributed by atoms with Gasteiger partial charge in [0.15, 0.2) is 0 Å². The molecule has 4 rings (SSSR count). The van der Waals surface area contributed by atoms with Crippen molar-refractivity contribution >= 4 is 17.8 Å². The quantitative estimate of drug-likeness (QED) is 0.763. The summed E-state index contributed by atoms with van der Waals surface area (Å²) in [6, 6.07) is 17.1. The van der Waals surface area contributed by atoms with Gasteiger partial charge in [-0.3, -0.25) is 4.84 Å². The van der Waals surface area contributed by atoms with Gasteiger partial charge in [-0.25, -0.2) is 5.06 Å². The monoisotopic (exact) mass is 305 g/mol. The van der Waals surface area contributed by atoms with Crippen LogP contribution in [0.2, 0.25) is 0 Å². The third-order valence-corrected chi connectivity index (χ3v) is 4.96. The van der Waals surface area contributed by atoms with Crippen LogP contribution in [0.4, 0.5) is 5.69 Å². The van der Waals surface area contributed by atoms with Crippen LogP contribution in [0, 0.1) is 5.92 Å². The van der Waals surface area contributed by atoms with Crippen LogP contribution in [0.3, 0.4) is 0 Å². The van der Waals surface area contributed by atoms with E-state index in [-0.39, 0.29) is 0 Å². The van der Waals surface area contributed by atoms with Crippen LogP contribution in [0.15, 0.2) is 48.5 Å². The maximum Gasteiger partial charge on any atom is 0.0777 e. The minimum atomic E-state index is 0.721. The number of benzene rings is 2. The third kappa shape index (κ3) is 3.18. The zero-order valence-electron chi connectivity index (χ0n) is 13.4. The summed E-state index contributed by atoms with van der Waals surface area (Å²) >= 11 is 0. The van der Waals surface area contributed by atoms with E-state index in [1.54, 1.807) is 0 Å². The Bertz CT molecular complexity index is 700. The van der Waals surface area contributed by atoms with E-state index in [0.717, 1.165) is 24.8 Å². The smallest absolute Gasteiger partial charge is 0.0777 e. The van der Waals surface area contributed by atoms with Gasteiger partial charge in [-0.2, -0.15) is 0 Å². The topological polar surface area (TPSA) is 12.5 Å². The molecular formula is C21H23NO. The van der Waals surface area contributed by atoms with E-state index < -0.39 is 0 Å². The summed E-state index contributed by atoms with van der Waals surface area (Å²) in [6.45, 7) is 1.63. The zero-order chi connectivity index (χ0) is 15.5. The minimum absolute atomic E-state index is 0.721. The fourth-order valence-electron chi connectivity index (χ4n) is 3.60. The molecule has 1 aliphatic heterocycles. The van der Waals surface area contributed by atoms with Gasteiger partial charge in [-0.05, 0) is 36.0 Å². The fourth-order valence-corrected chi connectivity index (χ4v) is 3.60. The maximum absolute atomic E-state index is 6.29. The SMILES string of the molecule is C1=Cc2ccccc2N(OCC2CCCC2)Cc2ccccc21. The van der Waals surface area contributed by atoms with Crippen molar-refractivity contribution in [3.63, 3.8) is 0 Å². The van der Waals surface area contributed by atoms with Crippen molar-refractivity contribution in [1.29, 1.82) is 0 Å². The second-order valence-corrected chi connectivity index (χ2v) is 6.57. The number of hydrogen-bond acceptors (Lipinski definition) is 2. The number of nitrogens with zero attached hydrogens (tertiary/aromatic N) is 1. The number of hydrogen-bond donors (Lipinski definition) is 0. The molecule has 0 amide bonds. The highest BCUT2D eigenvalue weighted by Gasteiger charge is 2.20. The Morgan fingerprint density at radius 3 is 2.43 bits per heavy atom. The lowest BCUT2D eigenvalue weighted by Crippen LogP contribution is -2.27. The Balaban J connectivity index is 1.64. The van der Waals surface area contributed by atoms with Gasteiger partial charge in [-0.1, -0.05) is 67.5 Å². The highest BCUT2D eigenvalue weighted by atomic mass is 16.7. The van der Waals surface area contributed by atoms with E-state index in [2.05, 4.69) is 65.7 Å². The molecule has 1 heterocycles. The van der Waals surface area contributed by atoms with E-state index in [4.69, 9.17) is 4.84 Å². The van der Waals surface area contributed by atoms with Crippen LogP contribution in [-0.4, -0.2) is 6.61 Å². The lowest BCUT2D eigenvalue weighted by atomic mass is 10.0. The predicted octanol–water partition coefficient (Wildman–Crippen LogP) is 5.30. The first-order chi connectivity index (χ1) is 11.4. The summed E-state index contributed by atoms with van der Waals surface area (Å²) in [7, 11) is 0. The summed E-state index contributed by atoms with van der Waals surface area (Å²) in [6.07, 6.45) is 9.74. The predicted molar refractivity (Wildman–Crippen MR) is 95.9 cm³/mol. The highest BCUT2D eigenvalue weighted by Crippen LogP contribution is 2.30. The van der Waals surface area contributed by atoms with Crippen LogP contribution in [0.5, 0.6) is 0 Å². The summed E-state index contributed by atoms with van der Waals surface area (Å²) in [4.78, 5) is 6.29. The van der Waals surface area contributed by atoms with Crippen molar-refractivity contribution in [1.82, 2.24) is 0 Å². The number of rotatable bonds is 3. The second-order valence-electron chi connectivity index (χ2n) is 6.57. The fraction of sp³-hybridized carbons (Fsp3) is 0.333. The van der Waals surface area contributed by atoms with Crippen molar-refractivity contribution < 1.29 is 4.84 Å². The molecule has 0 atom stereocenters. The Hall–Kier alpha value is -2.06. The molecule has 2 aliphatic rings. The molecule has 0 unspecified atom stereocenters. The molecule has 2 nitrogen and oxygen atoms in total. The van der Waals surface area contributed by atoms with Crippen LogP contribution < -0.4 is 5.06 Å². The van der Waals surface area contributed by atoms with E-state index in [9.17, 15) is 0 Å². The van der Waals surface area contributed by atoms with Crippen LogP contribution in [0.25, 0.3) is 12.2 Å². The molecule has 1 aliphatic carbocycles. The molecule has 0 aromatic heterocycles. The summed E-state index contributed by atoms with van der Waals surface area (Å²) in [5, 5.41) is 2.09. The van der Waals surface area contributed by atoms with Gasteiger partial charge < -0.3 is 0 Å². The molecule has 0 spiro atoms. The molecule has 1 fully saturated rings. The van der Waals surface area contributed by atoms with Crippen LogP contribution >= 0.6 is 0 Å². The molecule has 0 bridgehead atoms. The first-order valence-electron chi connectivity index (χ1n) is 8.65. The van der Waals surface area contributed by atoms with Crippen molar-refractivity contribution in [2.75, 3.05) is 11.7 Å². The van der Waals surface area contributed by atoms with Crippen molar-refractivity contribution in [3.8, 4) is 0 Å². The molecule has 0 radical (unpaired) electrons. The largest absolute Gasteiger partial charge is 0.273 e. The van der Waals surface area contributed by atoms with Crippen LogP contribution in [0.1, 0.15) is 42.4 Å². The van der Waals surface area contributed by atoms with Crippen LogP contribution in [-0.2, 0) is 11.4 Å². The molecular weight excluding hydrogens is 282 g/mol. The lowest BCUT2D eigenvalue weighted by Gasteiger charge is -2.28. The van der Waals surface area contributed by atoms with E-state index >= 15 is 0 Å². The van der Waals surface area contributed by atoms with Crippen molar-refractivity contribution in [2.45, 2.75) is 32.2 Å². The Labute approximate surface area is 138 Å². The number of hydroxylamine groups is 1. The third-order valence-electron chi connectivity index (χ3n) is 4.96. The van der Waals surface area contributed by atoms with Gasteiger partial charge in [0.25, 0.3) is 0 Å². The summed E-state index contributed by atoms with van der Waals surface area (Å²) in [5.74, 6) is 0.721. The molecule has 2 aromatic carbocycles. The van der Waals surface area contributed by atoms with E-state index in [1.807, 2.05) is 0 Å². The molecule has 1 saturated carbocycles. The lowest BCUT2D eigenvalue weighted by molar-refractivity contribution is 0.0751. The second kappa shape index (κ2) is 6.59. The van der Waals surface area contributed by atoms with Crippen molar-refractivity contribution in [2.24, 2.45) is 5.92 Å². The molecule has 0 N–H and O–H groups in total. The molecule has 0 saturated heterocycles. The molecule has 2 aromatic rings. The maximum atomic E-state index is 6.29. The Kier molecular flexibility index (Phi) is 4.16. The molecule has 118 valence electrons. The van der Waals surface area contributed by atoms with Crippen molar-refractivity contribution in [3.05, 3.63) is 65.2 Å². The summed E-state index contributed by atoms with van der Waals surface area (Å²) in [5.41, 5.74) is 4.96. The number of fused-ring (bicyclic) bond motifs is 2. The zero-order valence-corrected chi connectivity index (χ0v) is 13.4. The van der Waals surface area contributed by atoms with Gasteiger partial charge in [0.1, 0.15) is 0 Å². The molecule has 23 heavy (non-hydrogen) atoms. The Morgan fingerprint density at radius 1 is 0.870 bits per heavy atom. The molecule has 2 heteroatoms. The highest BCUT2D eigenvalue weighted by molar-refractivity contribution is 5.79. The number of anilines is 1. The summed E-state index contributed by atoms with van der Waals surface area (Å²) < 4.78 is 0. The van der Waals surface area contributed by atoms with E-state index in [1.165, 1.54) is 42.4 Å². The first kappa shape index (κ1) is 14.5. The average Bonchev–Trinajstić information content (AvgIpc) is 3.09. The minimum Gasteiger partial charge on any atom is -0.273 e. The first-order valence-corrected chi connectivity index (χ1v) is 8.65. The van der Waals surface area contributed by atoms with Gasteiger partial charge in [-0.15, -0.1) is 0 Å². The van der Waals surface area contributed by atoms with Gasteiger partial charge in [0, 0.05) is 5.56 Å². The number of para-hydroxylation sites is 1. The van der Waals surface area contributed by atoms with Gasteiger partial charge >= 0.3 is 0 Å². The van der Waals surface area contributed by atoms with E-state index in [0.29, 0.717) is 0 Å².